The second-order valence-corrected chi connectivity index (χ2v) is 6.69. The zero-order valence-electron chi connectivity index (χ0n) is 8.52. The smallest absolute Gasteiger partial charge is 0.347 e. The molecule has 0 fully saturated rings. The Morgan fingerprint density at radius 2 is 2.12 bits per heavy atom. The Morgan fingerprint density at radius 3 is 2.56 bits per heavy atom. The van der Waals surface area contributed by atoms with Crippen LogP contribution in [0.2, 0.25) is 4.34 Å². The lowest BCUT2D eigenvalue weighted by Gasteiger charge is -2.08. The fourth-order valence-corrected chi connectivity index (χ4v) is 3.97. The molecular formula is C8H10ClNO4S2. The predicted octanol–water partition coefficient (Wildman–Crippen LogP) is 1.79. The lowest BCUT2D eigenvalue weighted by atomic mass is 10.4. The van der Waals surface area contributed by atoms with Crippen molar-refractivity contribution in [2.75, 3.05) is 0 Å². The first-order valence-corrected chi connectivity index (χ1v) is 6.96. The van der Waals surface area contributed by atoms with Crippen molar-refractivity contribution in [3.05, 3.63) is 15.3 Å². The molecule has 1 aromatic heterocycles. The Bertz CT molecular complexity index is 506. The number of hydrogen-bond donors (Lipinski definition) is 2. The molecular weight excluding hydrogens is 274 g/mol. The molecule has 0 aliphatic rings. The highest BCUT2D eigenvalue weighted by atomic mass is 35.5. The largest absolute Gasteiger partial charge is 0.477 e. The maximum Gasteiger partial charge on any atom is 0.347 e. The van der Waals surface area contributed by atoms with E-state index in [1.807, 2.05) is 0 Å². The normalized spacial score (nSPS) is 12.0. The summed E-state index contributed by atoms with van der Waals surface area (Å²) in [7, 11) is -3.82. The minimum Gasteiger partial charge on any atom is -0.477 e. The average molecular weight is 284 g/mol. The molecule has 2 N–H and O–H groups in total. The van der Waals surface area contributed by atoms with E-state index >= 15 is 0 Å². The molecule has 0 aliphatic heterocycles. The van der Waals surface area contributed by atoms with E-state index < -0.39 is 16.0 Å². The summed E-state index contributed by atoms with van der Waals surface area (Å²) in [5, 5.41) is 8.84. The molecule has 0 amide bonds. The molecule has 8 heteroatoms. The van der Waals surface area contributed by atoms with E-state index in [1.54, 1.807) is 13.8 Å². The monoisotopic (exact) mass is 283 g/mol. The molecule has 0 atom stereocenters. The number of nitrogens with one attached hydrogen (secondary N) is 1. The molecule has 0 saturated carbocycles. The van der Waals surface area contributed by atoms with E-state index in [4.69, 9.17) is 16.7 Å². The SMILES string of the molecule is CC(C)NS(=O)(=O)c1cc(Cl)sc1C(=O)O. The van der Waals surface area contributed by atoms with Crippen LogP contribution < -0.4 is 4.72 Å². The van der Waals surface area contributed by atoms with Crippen molar-refractivity contribution in [3.8, 4) is 0 Å². The Morgan fingerprint density at radius 1 is 1.56 bits per heavy atom. The molecule has 5 nitrogen and oxygen atoms in total. The number of carboxylic acid groups (broad SMARTS) is 1. The molecule has 0 saturated heterocycles. The molecule has 0 unspecified atom stereocenters. The summed E-state index contributed by atoms with van der Waals surface area (Å²) in [6.45, 7) is 3.29. The van der Waals surface area contributed by atoms with Gasteiger partial charge in [-0.3, -0.25) is 0 Å². The van der Waals surface area contributed by atoms with E-state index in [0.717, 1.165) is 17.4 Å². The third kappa shape index (κ3) is 2.94. The molecule has 0 radical (unpaired) electrons. The topological polar surface area (TPSA) is 83.5 Å². The Labute approximate surface area is 102 Å². The highest BCUT2D eigenvalue weighted by molar-refractivity contribution is 7.89. The summed E-state index contributed by atoms with van der Waals surface area (Å²) in [6, 6.07) is 0.825. The van der Waals surface area contributed by atoms with Crippen molar-refractivity contribution >= 4 is 38.9 Å². The number of carbonyl (C=O) groups is 1. The zero-order valence-corrected chi connectivity index (χ0v) is 10.9. The van der Waals surface area contributed by atoms with Crippen molar-refractivity contribution in [2.45, 2.75) is 24.8 Å². The number of hydrogen-bond acceptors (Lipinski definition) is 4. The second kappa shape index (κ2) is 4.70. The van der Waals surface area contributed by atoms with Crippen LogP contribution in [0, 0.1) is 0 Å². The van der Waals surface area contributed by atoms with Gasteiger partial charge in [0.05, 0.1) is 4.34 Å². The number of halogens is 1. The molecule has 90 valence electrons. The first-order chi connectivity index (χ1) is 7.24. The Hall–Kier alpha value is -0.630. The first kappa shape index (κ1) is 13.4. The summed E-state index contributed by atoms with van der Waals surface area (Å²) in [5.74, 6) is -1.30. The van der Waals surface area contributed by atoms with Gasteiger partial charge in [-0.1, -0.05) is 11.6 Å². The summed E-state index contributed by atoms with van der Waals surface area (Å²) in [6.07, 6.45) is 0. The van der Waals surface area contributed by atoms with Crippen LogP contribution in [0.3, 0.4) is 0 Å². The lowest BCUT2D eigenvalue weighted by molar-refractivity contribution is 0.0698. The van der Waals surface area contributed by atoms with E-state index in [-0.39, 0.29) is 20.2 Å². The molecule has 0 bridgehead atoms. The summed E-state index contributed by atoms with van der Waals surface area (Å²) in [5.41, 5.74) is 0. The lowest BCUT2D eigenvalue weighted by Crippen LogP contribution is -2.30. The van der Waals surface area contributed by atoms with Crippen molar-refractivity contribution in [2.24, 2.45) is 0 Å². The summed E-state index contributed by atoms with van der Waals surface area (Å²) in [4.78, 5) is 10.3. The number of aromatic carboxylic acids is 1. The number of sulfonamides is 1. The van der Waals surface area contributed by atoms with E-state index in [0.29, 0.717) is 0 Å². The van der Waals surface area contributed by atoms with Crippen LogP contribution in [0.4, 0.5) is 0 Å². The van der Waals surface area contributed by atoms with Crippen LogP contribution in [-0.2, 0) is 10.0 Å². The van der Waals surface area contributed by atoms with E-state index in [9.17, 15) is 13.2 Å². The average Bonchev–Trinajstić information content (AvgIpc) is 2.45. The van der Waals surface area contributed by atoms with Crippen molar-refractivity contribution in [1.82, 2.24) is 4.72 Å². The maximum absolute atomic E-state index is 11.8. The molecule has 1 rings (SSSR count). The number of thiophene rings is 1. The quantitative estimate of drug-likeness (QED) is 0.882. The van der Waals surface area contributed by atoms with Crippen molar-refractivity contribution in [1.29, 1.82) is 0 Å². The van der Waals surface area contributed by atoms with Gasteiger partial charge >= 0.3 is 5.97 Å². The van der Waals surface area contributed by atoms with Gasteiger partial charge in [-0.15, -0.1) is 11.3 Å². The number of carboxylic acids is 1. The van der Waals surface area contributed by atoms with Gasteiger partial charge < -0.3 is 5.11 Å². The number of rotatable bonds is 4. The first-order valence-electron chi connectivity index (χ1n) is 4.29. The highest BCUT2D eigenvalue weighted by Gasteiger charge is 2.26. The minimum absolute atomic E-state index is 0.126. The van der Waals surface area contributed by atoms with E-state index in [2.05, 4.69) is 4.72 Å². The summed E-state index contributed by atoms with van der Waals surface area (Å²) >= 11 is 6.34. The van der Waals surface area contributed by atoms with Gasteiger partial charge in [-0.25, -0.2) is 17.9 Å². The molecule has 0 aromatic carbocycles. The van der Waals surface area contributed by atoms with Gasteiger partial charge in [-0.05, 0) is 19.9 Å². The van der Waals surface area contributed by atoms with Crippen LogP contribution in [0.15, 0.2) is 11.0 Å². The summed E-state index contributed by atoms with van der Waals surface area (Å²) < 4.78 is 25.9. The fraction of sp³-hybridized carbons (Fsp3) is 0.375. The predicted molar refractivity (Wildman–Crippen MR) is 61.7 cm³/mol. The van der Waals surface area contributed by atoms with Crippen LogP contribution in [0.5, 0.6) is 0 Å². The second-order valence-electron chi connectivity index (χ2n) is 3.33. The van der Waals surface area contributed by atoms with Crippen LogP contribution in [-0.4, -0.2) is 25.5 Å². The van der Waals surface area contributed by atoms with E-state index in [1.165, 1.54) is 0 Å². The van der Waals surface area contributed by atoms with Crippen molar-refractivity contribution < 1.29 is 18.3 Å². The van der Waals surface area contributed by atoms with Crippen LogP contribution in [0.1, 0.15) is 23.5 Å². The minimum atomic E-state index is -3.82. The molecule has 0 aliphatic carbocycles. The Kier molecular flexibility index (Phi) is 3.95. The third-order valence-electron chi connectivity index (χ3n) is 1.54. The molecule has 1 heterocycles. The molecule has 0 spiro atoms. The third-order valence-corrected chi connectivity index (χ3v) is 4.61. The maximum atomic E-state index is 11.8. The standard InChI is InChI=1S/C8H10ClNO4S2/c1-4(2)10-16(13,14)5-3-6(9)15-7(5)8(11)12/h3-4,10H,1-2H3,(H,11,12). The highest BCUT2D eigenvalue weighted by Crippen LogP contribution is 2.30. The fourth-order valence-electron chi connectivity index (χ4n) is 1.07. The van der Waals surface area contributed by atoms with Gasteiger partial charge in [-0.2, -0.15) is 0 Å². The van der Waals surface area contributed by atoms with Gasteiger partial charge in [0.2, 0.25) is 10.0 Å². The Balaban J connectivity index is 3.27. The van der Waals surface area contributed by atoms with Gasteiger partial charge in [0.15, 0.2) is 0 Å². The van der Waals surface area contributed by atoms with Crippen LogP contribution in [0.25, 0.3) is 0 Å². The van der Waals surface area contributed by atoms with Crippen LogP contribution >= 0.6 is 22.9 Å². The molecule has 16 heavy (non-hydrogen) atoms. The zero-order chi connectivity index (χ0) is 12.5. The van der Waals surface area contributed by atoms with Gasteiger partial charge in [0.25, 0.3) is 0 Å². The molecule has 1 aromatic rings. The van der Waals surface area contributed by atoms with Gasteiger partial charge in [0, 0.05) is 6.04 Å². The van der Waals surface area contributed by atoms with Gasteiger partial charge in [0.1, 0.15) is 9.77 Å². The van der Waals surface area contributed by atoms with Crippen molar-refractivity contribution in [3.63, 3.8) is 0 Å².